The van der Waals surface area contributed by atoms with Crippen molar-refractivity contribution < 1.29 is 27.5 Å². The number of methoxy groups -OCH3 is 1. The highest BCUT2D eigenvalue weighted by atomic mass is 19.4. The smallest absolute Gasteiger partial charge is 0.416 e. The molecule has 7 nitrogen and oxygen atoms in total. The highest BCUT2D eigenvalue weighted by Crippen LogP contribution is 2.34. The Bertz CT molecular complexity index is 1200. The van der Waals surface area contributed by atoms with Crippen LogP contribution in [0.5, 0.6) is 5.75 Å². The summed E-state index contributed by atoms with van der Waals surface area (Å²) in [6.45, 7) is 4.53. The Labute approximate surface area is 201 Å². The second-order valence-corrected chi connectivity index (χ2v) is 8.19. The van der Waals surface area contributed by atoms with Crippen LogP contribution in [0.15, 0.2) is 48.5 Å². The lowest BCUT2D eigenvalue weighted by Gasteiger charge is -2.19. The second-order valence-electron chi connectivity index (χ2n) is 8.19. The first-order chi connectivity index (χ1) is 16.5. The van der Waals surface area contributed by atoms with E-state index in [-0.39, 0.29) is 30.1 Å². The summed E-state index contributed by atoms with van der Waals surface area (Å²) in [6, 6.07) is 11.8. The molecule has 0 saturated carbocycles. The van der Waals surface area contributed by atoms with Gasteiger partial charge >= 0.3 is 6.18 Å². The number of amides is 2. The zero-order valence-electron chi connectivity index (χ0n) is 19.9. The monoisotopic (exact) mass is 488 g/mol. The zero-order chi connectivity index (χ0) is 25.8. The number of aromatic nitrogens is 2. The molecule has 1 unspecified atom stereocenters. The van der Waals surface area contributed by atoms with Gasteiger partial charge in [0.25, 0.3) is 0 Å². The van der Waals surface area contributed by atoms with Crippen molar-refractivity contribution in [2.75, 3.05) is 7.11 Å². The predicted molar refractivity (Wildman–Crippen MR) is 124 cm³/mol. The molecule has 0 aliphatic carbocycles. The lowest BCUT2D eigenvalue weighted by molar-refractivity contribution is -0.138. The summed E-state index contributed by atoms with van der Waals surface area (Å²) >= 11 is 0. The Morgan fingerprint density at radius 3 is 2.31 bits per heavy atom. The first-order valence-electron chi connectivity index (χ1n) is 10.9. The van der Waals surface area contributed by atoms with Crippen molar-refractivity contribution >= 4 is 11.8 Å². The lowest BCUT2D eigenvalue weighted by Crippen LogP contribution is -2.32. The van der Waals surface area contributed by atoms with Gasteiger partial charge in [-0.1, -0.05) is 18.2 Å². The van der Waals surface area contributed by atoms with Gasteiger partial charge in [-0.25, -0.2) is 4.68 Å². The molecular formula is C25H27F3N4O3. The number of hydrogen-bond acceptors (Lipinski definition) is 4. The van der Waals surface area contributed by atoms with E-state index in [2.05, 4.69) is 15.7 Å². The van der Waals surface area contributed by atoms with E-state index in [4.69, 9.17) is 4.74 Å². The van der Waals surface area contributed by atoms with Gasteiger partial charge < -0.3 is 15.4 Å². The van der Waals surface area contributed by atoms with E-state index in [1.165, 1.54) is 30.8 Å². The summed E-state index contributed by atoms with van der Waals surface area (Å²) in [5.74, 6) is -0.226. The van der Waals surface area contributed by atoms with E-state index < -0.39 is 23.7 Å². The first kappa shape index (κ1) is 25.8. The molecule has 1 heterocycles. The minimum atomic E-state index is -4.62. The van der Waals surface area contributed by atoms with Crippen molar-refractivity contribution in [1.82, 2.24) is 20.4 Å². The lowest BCUT2D eigenvalue weighted by atomic mass is 10.0. The molecule has 35 heavy (non-hydrogen) atoms. The topological polar surface area (TPSA) is 85.2 Å². The van der Waals surface area contributed by atoms with Gasteiger partial charge in [-0.05, 0) is 55.3 Å². The van der Waals surface area contributed by atoms with E-state index in [0.717, 1.165) is 6.07 Å². The number of halogens is 3. The molecule has 3 rings (SSSR count). The van der Waals surface area contributed by atoms with Gasteiger partial charge in [-0.3, -0.25) is 9.59 Å². The van der Waals surface area contributed by atoms with Gasteiger partial charge in [0, 0.05) is 19.2 Å². The number of ether oxygens (including phenoxy) is 1. The van der Waals surface area contributed by atoms with E-state index >= 15 is 0 Å². The maximum Gasteiger partial charge on any atom is 0.416 e. The summed E-state index contributed by atoms with van der Waals surface area (Å²) < 4.78 is 48.0. The van der Waals surface area contributed by atoms with Gasteiger partial charge in [0.1, 0.15) is 5.75 Å². The van der Waals surface area contributed by atoms with Crippen LogP contribution in [0.4, 0.5) is 13.2 Å². The summed E-state index contributed by atoms with van der Waals surface area (Å²) in [7, 11) is 1.52. The maximum atomic E-state index is 13.8. The van der Waals surface area contributed by atoms with Crippen LogP contribution >= 0.6 is 0 Å². The van der Waals surface area contributed by atoms with Crippen LogP contribution in [0.2, 0.25) is 0 Å². The second kappa shape index (κ2) is 10.6. The fourth-order valence-corrected chi connectivity index (χ4v) is 3.79. The van der Waals surface area contributed by atoms with Gasteiger partial charge in [0.05, 0.1) is 36.5 Å². The average molecular weight is 489 g/mol. The minimum Gasteiger partial charge on any atom is -0.497 e. The van der Waals surface area contributed by atoms with E-state index in [1.54, 1.807) is 44.2 Å². The van der Waals surface area contributed by atoms with E-state index in [9.17, 15) is 22.8 Å². The van der Waals surface area contributed by atoms with Crippen LogP contribution in [0.1, 0.15) is 47.5 Å². The van der Waals surface area contributed by atoms with Crippen LogP contribution in [-0.2, 0) is 22.3 Å². The molecule has 0 radical (unpaired) electrons. The fourth-order valence-electron chi connectivity index (χ4n) is 3.79. The summed E-state index contributed by atoms with van der Waals surface area (Å²) in [4.78, 5) is 24.3. The number of carbonyl (C=O) groups excluding carboxylic acids is 2. The first-order valence-corrected chi connectivity index (χ1v) is 10.9. The highest BCUT2D eigenvalue weighted by Gasteiger charge is 2.34. The third kappa shape index (κ3) is 6.62. The van der Waals surface area contributed by atoms with Crippen molar-refractivity contribution in [3.8, 4) is 11.4 Å². The number of alkyl halides is 3. The fraction of sp³-hybridized carbons (Fsp3) is 0.320. The molecule has 2 amide bonds. The number of hydrogen-bond donors (Lipinski definition) is 2. The average Bonchev–Trinajstić information content (AvgIpc) is 3.14. The molecule has 0 aliphatic rings. The number of nitrogens with one attached hydrogen (secondary N) is 2. The third-order valence-electron chi connectivity index (χ3n) is 5.41. The van der Waals surface area contributed by atoms with Crippen molar-refractivity contribution in [2.45, 2.75) is 46.0 Å². The van der Waals surface area contributed by atoms with Crippen molar-refractivity contribution in [3.05, 3.63) is 76.6 Å². The molecule has 0 spiro atoms. The maximum absolute atomic E-state index is 13.8. The molecule has 2 aromatic carbocycles. The molecule has 2 N–H and O–H groups in total. The summed E-state index contributed by atoms with van der Waals surface area (Å²) in [5, 5.41) is 9.49. The Morgan fingerprint density at radius 1 is 1.09 bits per heavy atom. The predicted octanol–water partition coefficient (Wildman–Crippen LogP) is 4.40. The largest absolute Gasteiger partial charge is 0.497 e. The van der Waals surface area contributed by atoms with Gasteiger partial charge in [-0.15, -0.1) is 0 Å². The molecule has 3 aromatic rings. The normalized spacial score (nSPS) is 12.2. The summed E-state index contributed by atoms with van der Waals surface area (Å²) in [5.41, 5.74) is 1.43. The number of benzene rings is 2. The zero-order valence-corrected chi connectivity index (χ0v) is 19.9. The van der Waals surface area contributed by atoms with Crippen molar-refractivity contribution in [3.63, 3.8) is 0 Å². The van der Waals surface area contributed by atoms with Gasteiger partial charge in [-0.2, -0.15) is 18.3 Å². The van der Waals surface area contributed by atoms with Crippen LogP contribution in [0.25, 0.3) is 5.69 Å². The summed E-state index contributed by atoms with van der Waals surface area (Å²) in [6.07, 6.45) is -4.76. The van der Waals surface area contributed by atoms with Gasteiger partial charge in [0.2, 0.25) is 11.8 Å². The third-order valence-corrected chi connectivity index (χ3v) is 5.41. The van der Waals surface area contributed by atoms with Crippen molar-refractivity contribution in [1.29, 1.82) is 0 Å². The van der Waals surface area contributed by atoms with Crippen LogP contribution in [0, 0.1) is 13.8 Å². The Morgan fingerprint density at radius 2 is 1.77 bits per heavy atom. The number of rotatable bonds is 8. The Kier molecular flexibility index (Phi) is 7.83. The molecule has 0 bridgehead atoms. The molecule has 1 aromatic heterocycles. The molecule has 0 fully saturated rings. The van der Waals surface area contributed by atoms with Gasteiger partial charge in [0.15, 0.2) is 0 Å². The molecule has 186 valence electrons. The quantitative estimate of drug-likeness (QED) is 0.492. The molecule has 1 atom stereocenters. The Hall–Kier alpha value is -3.82. The molecule has 0 saturated heterocycles. The standard InChI is InChI=1S/C25H27F3N4O3/c1-15-11-16(2)32(31-15)20-8-5-19(22(12-20)25(26,27)28)14-29-24(34)13-23(30-17(3)33)18-6-9-21(35-4)10-7-18/h5-12,23H,13-14H2,1-4H3,(H,29,34)(H,30,33). The van der Waals surface area contributed by atoms with E-state index in [0.29, 0.717) is 22.7 Å². The number of nitrogens with zero attached hydrogens (tertiary/aromatic N) is 2. The molecular weight excluding hydrogens is 461 g/mol. The van der Waals surface area contributed by atoms with Crippen LogP contribution in [0.3, 0.4) is 0 Å². The Balaban J connectivity index is 1.77. The molecule has 0 aliphatic heterocycles. The highest BCUT2D eigenvalue weighted by molar-refractivity contribution is 5.79. The number of aryl methyl sites for hydroxylation is 2. The van der Waals surface area contributed by atoms with E-state index in [1.807, 2.05) is 0 Å². The van der Waals surface area contributed by atoms with Crippen molar-refractivity contribution in [2.24, 2.45) is 0 Å². The van der Waals surface area contributed by atoms with Crippen LogP contribution in [-0.4, -0.2) is 28.7 Å². The minimum absolute atomic E-state index is 0.0725. The van der Waals surface area contributed by atoms with Crippen LogP contribution < -0.4 is 15.4 Å². The SMILES string of the molecule is COc1ccc(C(CC(=O)NCc2ccc(-n3nc(C)cc3C)cc2C(F)(F)F)NC(C)=O)cc1. The number of carbonyl (C=O) groups is 2. The molecule has 10 heteroatoms.